The summed E-state index contributed by atoms with van der Waals surface area (Å²) in [4.78, 5) is 38.1. The van der Waals surface area contributed by atoms with E-state index in [0.717, 1.165) is 22.2 Å². The number of thioether (sulfide) groups is 2. The molecule has 0 spiro atoms. The van der Waals surface area contributed by atoms with E-state index >= 15 is 0 Å². The van der Waals surface area contributed by atoms with Crippen LogP contribution in [0.5, 0.6) is 5.75 Å². The molecule has 9 heteroatoms. The molecule has 1 aromatic rings. The second-order valence-corrected chi connectivity index (χ2v) is 8.21. The summed E-state index contributed by atoms with van der Waals surface area (Å²) in [6, 6.07) is 6.91. The Balaban J connectivity index is 1.58. The van der Waals surface area contributed by atoms with Gasteiger partial charge in [0, 0.05) is 24.5 Å². The number of amides is 3. The van der Waals surface area contributed by atoms with E-state index < -0.39 is 17.3 Å². The zero-order valence-electron chi connectivity index (χ0n) is 14.7. The molecule has 144 valence electrons. The number of aliphatic hydroxyl groups excluding tert-OH is 1. The van der Waals surface area contributed by atoms with Gasteiger partial charge in [-0.25, -0.2) is 0 Å². The number of methoxy groups -OCH3 is 1. The summed E-state index contributed by atoms with van der Waals surface area (Å²) in [5, 5.41) is 12.1. The molecule has 2 heterocycles. The van der Waals surface area contributed by atoms with Crippen molar-refractivity contribution < 1.29 is 24.2 Å². The van der Waals surface area contributed by atoms with Gasteiger partial charge in [-0.3, -0.25) is 19.3 Å². The smallest absolute Gasteiger partial charge is 0.293 e. The summed E-state index contributed by atoms with van der Waals surface area (Å²) in [7, 11) is 1.56. The minimum atomic E-state index is -0.554. The van der Waals surface area contributed by atoms with E-state index in [2.05, 4.69) is 5.32 Å². The lowest BCUT2D eigenvalue weighted by molar-refractivity contribution is -0.124. The van der Waals surface area contributed by atoms with E-state index in [1.807, 2.05) is 6.07 Å². The molecule has 0 aliphatic carbocycles. The molecule has 2 fully saturated rings. The van der Waals surface area contributed by atoms with Crippen LogP contribution in [0.15, 0.2) is 29.2 Å². The van der Waals surface area contributed by atoms with Crippen LogP contribution in [0.3, 0.4) is 0 Å². The molecule has 1 aromatic carbocycles. The maximum absolute atomic E-state index is 12.5. The first kappa shape index (κ1) is 19.8. The van der Waals surface area contributed by atoms with Crippen LogP contribution in [0.25, 0.3) is 6.08 Å². The molecule has 2 saturated heterocycles. The van der Waals surface area contributed by atoms with Crippen molar-refractivity contribution in [2.75, 3.05) is 25.2 Å². The molecule has 0 unspecified atom stereocenters. The molecule has 0 saturated carbocycles. The average molecular weight is 409 g/mol. The summed E-state index contributed by atoms with van der Waals surface area (Å²) in [6.07, 6.45) is 1.10. The average Bonchev–Trinajstić information content (AvgIpc) is 3.16. The predicted molar refractivity (Wildman–Crippen MR) is 106 cm³/mol. The molecule has 3 amide bonds. The normalized spacial score (nSPS) is 23.9. The van der Waals surface area contributed by atoms with Crippen LogP contribution in [-0.4, -0.2) is 64.4 Å². The number of imide groups is 1. The highest BCUT2D eigenvalue weighted by Gasteiger charge is 2.35. The lowest BCUT2D eigenvalue weighted by Crippen LogP contribution is -2.43. The number of carbonyl (C=O) groups excluding carboxylic acids is 3. The minimum Gasteiger partial charge on any atom is -0.497 e. The number of carbonyl (C=O) groups is 3. The first-order valence-electron chi connectivity index (χ1n) is 8.42. The number of hydrogen-bond donors (Lipinski definition) is 2. The van der Waals surface area contributed by atoms with Crippen molar-refractivity contribution in [1.82, 2.24) is 10.2 Å². The van der Waals surface area contributed by atoms with Crippen LogP contribution in [0, 0.1) is 0 Å². The molecule has 0 bridgehead atoms. The number of hydrogen-bond acceptors (Lipinski definition) is 7. The van der Waals surface area contributed by atoms with Crippen molar-refractivity contribution in [3.63, 3.8) is 0 Å². The Morgan fingerprint density at radius 3 is 2.93 bits per heavy atom. The number of nitrogens with zero attached hydrogens (tertiary/aromatic N) is 1. The van der Waals surface area contributed by atoms with E-state index in [4.69, 9.17) is 4.74 Å². The van der Waals surface area contributed by atoms with Gasteiger partial charge < -0.3 is 15.2 Å². The van der Waals surface area contributed by atoms with Crippen molar-refractivity contribution in [3.05, 3.63) is 34.7 Å². The standard InChI is InChI=1S/C18H20N2O5S2/c1-25-12-4-2-3-11(7-12)8-15-17(23)20(18(24)27-15)6-5-16(22)19-13-9-26-10-14(13)21/h2-4,7-8,13-14,21H,5-6,9-10H2,1H3,(H,19,22)/b15-8-/t13-,14+/m0/s1. The van der Waals surface area contributed by atoms with Gasteiger partial charge in [-0.15, -0.1) is 0 Å². The fourth-order valence-corrected chi connectivity index (χ4v) is 4.78. The Kier molecular flexibility index (Phi) is 6.46. The summed E-state index contributed by atoms with van der Waals surface area (Å²) in [6.45, 7) is 0.0158. The monoisotopic (exact) mass is 408 g/mol. The quantitative estimate of drug-likeness (QED) is 0.692. The lowest BCUT2D eigenvalue weighted by Gasteiger charge is -2.17. The number of nitrogens with one attached hydrogen (secondary N) is 1. The Bertz CT molecular complexity index is 783. The third-order valence-corrected chi connectivity index (χ3v) is 6.30. The van der Waals surface area contributed by atoms with Crippen molar-refractivity contribution in [1.29, 1.82) is 0 Å². The molecular weight excluding hydrogens is 388 g/mol. The molecule has 7 nitrogen and oxygen atoms in total. The number of aliphatic hydroxyl groups is 1. The summed E-state index contributed by atoms with van der Waals surface area (Å²) in [5.41, 5.74) is 0.755. The fourth-order valence-electron chi connectivity index (χ4n) is 2.75. The van der Waals surface area contributed by atoms with Crippen molar-refractivity contribution >= 4 is 46.7 Å². The zero-order valence-corrected chi connectivity index (χ0v) is 16.3. The van der Waals surface area contributed by atoms with Gasteiger partial charge in [0.05, 0.1) is 24.2 Å². The SMILES string of the molecule is COc1cccc(/C=C2\SC(=O)N(CCC(=O)N[C@H]3CSC[C@H]3O)C2=O)c1. The summed E-state index contributed by atoms with van der Waals surface area (Å²) in [5.74, 6) is 1.24. The Morgan fingerprint density at radius 1 is 1.41 bits per heavy atom. The van der Waals surface area contributed by atoms with Gasteiger partial charge in [0.25, 0.3) is 11.1 Å². The van der Waals surface area contributed by atoms with Gasteiger partial charge >= 0.3 is 0 Å². The van der Waals surface area contributed by atoms with E-state index in [9.17, 15) is 19.5 Å². The van der Waals surface area contributed by atoms with Crippen molar-refractivity contribution in [2.45, 2.75) is 18.6 Å². The van der Waals surface area contributed by atoms with E-state index in [1.165, 1.54) is 0 Å². The van der Waals surface area contributed by atoms with E-state index in [-0.39, 0.29) is 24.9 Å². The maximum atomic E-state index is 12.5. The maximum Gasteiger partial charge on any atom is 0.293 e. The predicted octanol–water partition coefficient (Wildman–Crippen LogP) is 1.71. The van der Waals surface area contributed by atoms with Gasteiger partial charge in [-0.1, -0.05) is 12.1 Å². The minimum absolute atomic E-state index is 0.0123. The molecule has 0 aromatic heterocycles. The number of benzene rings is 1. The Labute approximate surface area is 165 Å². The highest BCUT2D eigenvalue weighted by atomic mass is 32.2. The summed E-state index contributed by atoms with van der Waals surface area (Å²) < 4.78 is 5.15. The number of ether oxygens (including phenoxy) is 1. The van der Waals surface area contributed by atoms with E-state index in [1.54, 1.807) is 43.1 Å². The van der Waals surface area contributed by atoms with Crippen LogP contribution >= 0.6 is 23.5 Å². The van der Waals surface area contributed by atoms with Gasteiger partial charge in [0.15, 0.2) is 0 Å². The Morgan fingerprint density at radius 2 is 2.22 bits per heavy atom. The molecule has 2 aliphatic heterocycles. The largest absolute Gasteiger partial charge is 0.497 e. The molecule has 2 aliphatic rings. The van der Waals surface area contributed by atoms with Crippen LogP contribution < -0.4 is 10.1 Å². The second-order valence-electron chi connectivity index (χ2n) is 6.14. The fraction of sp³-hybridized carbons (Fsp3) is 0.389. The Hall–Kier alpha value is -1.97. The number of rotatable bonds is 6. The van der Waals surface area contributed by atoms with Crippen LogP contribution in [0.2, 0.25) is 0 Å². The second kappa shape index (κ2) is 8.81. The van der Waals surface area contributed by atoms with Crippen molar-refractivity contribution in [2.24, 2.45) is 0 Å². The molecule has 2 atom stereocenters. The van der Waals surface area contributed by atoms with Gasteiger partial charge in [-0.05, 0) is 35.5 Å². The molecule has 0 radical (unpaired) electrons. The third kappa shape index (κ3) is 4.85. The van der Waals surface area contributed by atoms with Gasteiger partial charge in [0.2, 0.25) is 5.91 Å². The van der Waals surface area contributed by atoms with E-state index in [0.29, 0.717) is 22.2 Å². The molecule has 27 heavy (non-hydrogen) atoms. The van der Waals surface area contributed by atoms with Gasteiger partial charge in [-0.2, -0.15) is 11.8 Å². The van der Waals surface area contributed by atoms with Crippen LogP contribution in [0.4, 0.5) is 4.79 Å². The highest BCUT2D eigenvalue weighted by molar-refractivity contribution is 8.18. The van der Waals surface area contributed by atoms with Crippen LogP contribution in [0.1, 0.15) is 12.0 Å². The van der Waals surface area contributed by atoms with Crippen molar-refractivity contribution in [3.8, 4) is 5.75 Å². The lowest BCUT2D eigenvalue weighted by atomic mass is 10.2. The topological polar surface area (TPSA) is 95.9 Å². The summed E-state index contributed by atoms with van der Waals surface area (Å²) >= 11 is 2.43. The van der Waals surface area contributed by atoms with Gasteiger partial charge in [0.1, 0.15) is 5.75 Å². The molecule has 2 N–H and O–H groups in total. The first-order valence-corrected chi connectivity index (χ1v) is 10.4. The third-order valence-electron chi connectivity index (χ3n) is 4.22. The van der Waals surface area contributed by atoms with Crippen LogP contribution in [-0.2, 0) is 9.59 Å². The first-order chi connectivity index (χ1) is 13.0. The molecular formula is C18H20N2O5S2. The molecule has 3 rings (SSSR count). The zero-order chi connectivity index (χ0) is 19.4. The highest BCUT2D eigenvalue weighted by Crippen LogP contribution is 2.32.